The van der Waals surface area contributed by atoms with Crippen molar-refractivity contribution >= 4 is 29.4 Å². The summed E-state index contributed by atoms with van der Waals surface area (Å²) in [5, 5.41) is 0. The van der Waals surface area contributed by atoms with Gasteiger partial charge in [0, 0.05) is 30.2 Å². The van der Waals surface area contributed by atoms with Crippen LogP contribution >= 0.6 is 0 Å². The topological polar surface area (TPSA) is 159 Å². The summed E-state index contributed by atoms with van der Waals surface area (Å²) in [5.74, 6) is 1.80. The third kappa shape index (κ3) is 5.51. The minimum absolute atomic E-state index is 0.0421. The number of amides is 1. The zero-order chi connectivity index (χ0) is 25.0. The van der Waals surface area contributed by atoms with E-state index in [1.807, 2.05) is 42.8 Å². The van der Waals surface area contributed by atoms with E-state index in [2.05, 4.69) is 15.0 Å². The lowest BCUT2D eigenvalue weighted by molar-refractivity contribution is -0.121. The van der Waals surface area contributed by atoms with Crippen LogP contribution in [0.4, 0.5) is 0 Å². The van der Waals surface area contributed by atoms with Crippen molar-refractivity contribution in [3.05, 3.63) is 41.9 Å². The number of hydrogen-bond donors (Lipinski definition) is 3. The molecule has 1 aromatic carbocycles. The van der Waals surface area contributed by atoms with Crippen LogP contribution in [0, 0.1) is 0 Å². The molecule has 0 radical (unpaired) electrons. The summed E-state index contributed by atoms with van der Waals surface area (Å²) in [6.07, 6.45) is 4.89. The number of imidazole rings is 1. The third-order valence-corrected chi connectivity index (χ3v) is 5.12. The Bertz CT molecular complexity index is 1200. The van der Waals surface area contributed by atoms with Gasteiger partial charge in [0.15, 0.2) is 5.84 Å². The monoisotopic (exact) mass is 464 g/mol. The number of carbonyl (C=O) groups is 1. The number of aliphatic imine (C=N–C) groups is 3. The maximum atomic E-state index is 11.6. The number of primary amides is 1. The van der Waals surface area contributed by atoms with E-state index in [4.69, 9.17) is 26.9 Å². The molecule has 34 heavy (non-hydrogen) atoms. The second-order valence-electron chi connectivity index (χ2n) is 8.81. The van der Waals surface area contributed by atoms with Crippen LogP contribution in [0.15, 0.2) is 45.6 Å². The Kier molecular flexibility index (Phi) is 7.19. The second-order valence-corrected chi connectivity index (χ2v) is 8.81. The van der Waals surface area contributed by atoms with E-state index in [9.17, 15) is 4.79 Å². The average Bonchev–Trinajstić information content (AvgIpc) is 3.09. The van der Waals surface area contributed by atoms with Gasteiger partial charge in [0.05, 0.1) is 17.9 Å². The molecule has 2 heterocycles. The normalized spacial score (nSPS) is 15.2. The van der Waals surface area contributed by atoms with Crippen molar-refractivity contribution in [1.29, 1.82) is 0 Å². The predicted molar refractivity (Wildman–Crippen MR) is 136 cm³/mol. The van der Waals surface area contributed by atoms with Crippen LogP contribution in [0.1, 0.15) is 45.9 Å². The SMILES string of the molecule is CC(N)=NC(=NC(C)C)c1cn2c(n1)-c1ccc(C(C=NC(C)(C)C(N)=O)=CN)cc1OCC2. The number of nitrogens with two attached hydrogens (primary N) is 3. The maximum absolute atomic E-state index is 11.6. The Labute approximate surface area is 199 Å². The molecule has 0 aliphatic carbocycles. The van der Waals surface area contributed by atoms with E-state index in [0.29, 0.717) is 41.8 Å². The number of ether oxygens (including phenoxy) is 1. The summed E-state index contributed by atoms with van der Waals surface area (Å²) >= 11 is 0. The van der Waals surface area contributed by atoms with E-state index >= 15 is 0 Å². The van der Waals surface area contributed by atoms with Crippen LogP contribution in [0.5, 0.6) is 5.75 Å². The summed E-state index contributed by atoms with van der Waals surface area (Å²) in [6.45, 7) is 10.0. The van der Waals surface area contributed by atoms with Gasteiger partial charge in [-0.05, 0) is 52.3 Å². The van der Waals surface area contributed by atoms with E-state index in [1.165, 1.54) is 6.20 Å². The zero-order valence-electron chi connectivity index (χ0n) is 20.2. The molecule has 1 aromatic heterocycles. The van der Waals surface area contributed by atoms with E-state index in [0.717, 1.165) is 17.0 Å². The number of benzene rings is 1. The van der Waals surface area contributed by atoms with Gasteiger partial charge < -0.3 is 26.5 Å². The van der Waals surface area contributed by atoms with E-state index in [1.54, 1.807) is 27.0 Å². The lowest BCUT2D eigenvalue weighted by Crippen LogP contribution is -2.36. The highest BCUT2D eigenvalue weighted by atomic mass is 16.5. The number of aromatic nitrogens is 2. The van der Waals surface area contributed by atoms with Crippen LogP contribution < -0.4 is 21.9 Å². The molecule has 0 unspecified atom stereocenters. The minimum atomic E-state index is -1.04. The average molecular weight is 465 g/mol. The van der Waals surface area contributed by atoms with Gasteiger partial charge in [-0.3, -0.25) is 14.8 Å². The smallest absolute Gasteiger partial charge is 0.244 e. The van der Waals surface area contributed by atoms with Gasteiger partial charge in [0.1, 0.15) is 29.4 Å². The number of carbonyl (C=O) groups excluding carboxylic acids is 1. The van der Waals surface area contributed by atoms with Gasteiger partial charge in [-0.2, -0.15) is 0 Å². The van der Waals surface area contributed by atoms with Crippen molar-refractivity contribution in [2.24, 2.45) is 32.2 Å². The number of nitrogens with zero attached hydrogens (tertiary/aromatic N) is 5. The Morgan fingerprint density at radius 2 is 2.03 bits per heavy atom. The third-order valence-electron chi connectivity index (χ3n) is 5.12. The van der Waals surface area contributed by atoms with Crippen LogP contribution in [-0.4, -0.2) is 51.5 Å². The molecule has 1 amide bonds. The highest BCUT2D eigenvalue weighted by molar-refractivity contribution is 6.11. The van der Waals surface area contributed by atoms with E-state index < -0.39 is 11.4 Å². The molecule has 180 valence electrons. The molecule has 6 N–H and O–H groups in total. The first-order valence-corrected chi connectivity index (χ1v) is 11.0. The fourth-order valence-corrected chi connectivity index (χ4v) is 3.24. The number of amidine groups is 2. The number of allylic oxidation sites excluding steroid dienone is 1. The van der Waals surface area contributed by atoms with E-state index in [-0.39, 0.29) is 6.04 Å². The van der Waals surface area contributed by atoms with Gasteiger partial charge >= 0.3 is 0 Å². The molecule has 0 spiro atoms. The zero-order valence-corrected chi connectivity index (χ0v) is 20.2. The summed E-state index contributed by atoms with van der Waals surface area (Å²) < 4.78 is 8.03. The van der Waals surface area contributed by atoms with Crippen molar-refractivity contribution in [2.45, 2.75) is 52.7 Å². The molecule has 1 aliphatic rings. The lowest BCUT2D eigenvalue weighted by Gasteiger charge is -2.15. The molecule has 10 nitrogen and oxygen atoms in total. The summed E-state index contributed by atoms with van der Waals surface area (Å²) in [4.78, 5) is 29.7. The van der Waals surface area contributed by atoms with Gasteiger partial charge in [0.25, 0.3) is 0 Å². The molecule has 0 saturated heterocycles. The van der Waals surface area contributed by atoms with Crippen molar-refractivity contribution in [1.82, 2.24) is 9.55 Å². The Morgan fingerprint density at radius 1 is 1.29 bits per heavy atom. The molecular formula is C24H32N8O2. The number of rotatable bonds is 6. The first-order valence-electron chi connectivity index (χ1n) is 11.0. The Balaban J connectivity index is 2.02. The molecule has 2 aromatic rings. The summed E-state index contributed by atoms with van der Waals surface area (Å²) in [7, 11) is 0. The van der Waals surface area contributed by atoms with Gasteiger partial charge in [-0.15, -0.1) is 0 Å². The summed E-state index contributed by atoms with van der Waals surface area (Å²) in [5.41, 5.74) is 18.9. The largest absolute Gasteiger partial charge is 0.491 e. The van der Waals surface area contributed by atoms with Crippen LogP contribution in [0.2, 0.25) is 0 Å². The molecule has 0 atom stereocenters. The second kappa shape index (κ2) is 9.90. The Morgan fingerprint density at radius 3 is 2.65 bits per heavy atom. The van der Waals surface area contributed by atoms with Crippen LogP contribution in [0.3, 0.4) is 0 Å². The quantitative estimate of drug-likeness (QED) is 0.440. The van der Waals surface area contributed by atoms with Crippen molar-refractivity contribution in [3.63, 3.8) is 0 Å². The molecular weight excluding hydrogens is 432 g/mol. The minimum Gasteiger partial charge on any atom is -0.491 e. The first-order chi connectivity index (χ1) is 16.0. The summed E-state index contributed by atoms with van der Waals surface area (Å²) in [6, 6.07) is 5.75. The van der Waals surface area contributed by atoms with Crippen molar-refractivity contribution in [3.8, 4) is 17.1 Å². The molecule has 0 fully saturated rings. The predicted octanol–water partition coefficient (Wildman–Crippen LogP) is 2.11. The van der Waals surface area contributed by atoms with Gasteiger partial charge in [-0.1, -0.05) is 6.07 Å². The van der Waals surface area contributed by atoms with Gasteiger partial charge in [-0.25, -0.2) is 9.98 Å². The molecule has 10 heteroatoms. The first kappa shape index (κ1) is 24.7. The van der Waals surface area contributed by atoms with Gasteiger partial charge in [0.2, 0.25) is 5.91 Å². The molecule has 3 rings (SSSR count). The standard InChI is InChI=1S/C24H32N8O2/c1-14(2)29-21(30-15(3)26)19-13-32-8-9-34-20-10-16(6-7-18(20)22(32)31-19)17(11-25)12-28-24(4,5)23(27)33/h6-7,10-14H,8-9,25H2,1-5H3,(H2,27,33)(H2,26,29,30). The number of fused-ring (bicyclic) bond motifs is 3. The highest BCUT2D eigenvalue weighted by Crippen LogP contribution is 2.34. The van der Waals surface area contributed by atoms with Crippen LogP contribution in [0.25, 0.3) is 17.0 Å². The lowest BCUT2D eigenvalue weighted by atomic mass is 10.0. The fraction of sp³-hybridized carbons (Fsp3) is 0.375. The Hall–Kier alpha value is -3.95. The molecule has 0 bridgehead atoms. The molecule has 1 aliphatic heterocycles. The number of hydrogen-bond acceptors (Lipinski definition) is 6. The fourth-order valence-electron chi connectivity index (χ4n) is 3.24. The maximum Gasteiger partial charge on any atom is 0.244 e. The van der Waals surface area contributed by atoms with Crippen molar-refractivity contribution < 1.29 is 9.53 Å². The molecule has 0 saturated carbocycles. The van der Waals surface area contributed by atoms with Crippen molar-refractivity contribution in [2.75, 3.05) is 6.61 Å². The van der Waals surface area contributed by atoms with Crippen LogP contribution in [-0.2, 0) is 11.3 Å². The highest BCUT2D eigenvalue weighted by Gasteiger charge is 2.24.